The number of carbonyl (C=O) groups excluding carboxylic acids is 2. The summed E-state index contributed by atoms with van der Waals surface area (Å²) in [5.41, 5.74) is 8.61. The summed E-state index contributed by atoms with van der Waals surface area (Å²) in [5, 5.41) is 9.58. The molecule has 2 amide bonds. The quantitative estimate of drug-likeness (QED) is 0.434. The number of hydrogen-bond acceptors (Lipinski definition) is 5. The van der Waals surface area contributed by atoms with Crippen molar-refractivity contribution in [1.82, 2.24) is 9.78 Å². The molecule has 3 heterocycles. The SMILES string of the molecule is Cc1sc(NC(=O)c2cc3c(C)nn(Cc4ccc(Cl)cc4)c3s2)c(C(N)=O)c1C. The number of rotatable bonds is 5. The van der Waals surface area contributed by atoms with E-state index in [2.05, 4.69) is 10.4 Å². The molecule has 0 saturated heterocycles. The molecule has 4 rings (SSSR count). The topological polar surface area (TPSA) is 90.0 Å². The number of benzene rings is 1. The van der Waals surface area contributed by atoms with Crippen molar-refractivity contribution in [3.8, 4) is 0 Å². The minimum absolute atomic E-state index is 0.266. The Morgan fingerprint density at radius 3 is 2.53 bits per heavy atom. The molecule has 3 aromatic heterocycles. The van der Waals surface area contributed by atoms with Gasteiger partial charge in [0.25, 0.3) is 11.8 Å². The predicted molar refractivity (Wildman–Crippen MR) is 123 cm³/mol. The Balaban J connectivity index is 1.64. The number of hydrogen-bond donors (Lipinski definition) is 2. The van der Waals surface area contributed by atoms with Crippen molar-refractivity contribution in [3.05, 3.63) is 67.5 Å². The van der Waals surface area contributed by atoms with Gasteiger partial charge in [-0.2, -0.15) is 5.10 Å². The Morgan fingerprint density at radius 2 is 1.87 bits per heavy atom. The lowest BCUT2D eigenvalue weighted by atomic mass is 10.1. The van der Waals surface area contributed by atoms with Gasteiger partial charge in [0.1, 0.15) is 9.83 Å². The second-order valence-electron chi connectivity index (χ2n) is 7.00. The lowest BCUT2D eigenvalue weighted by molar-refractivity contribution is 0.100. The van der Waals surface area contributed by atoms with Crippen molar-refractivity contribution in [1.29, 1.82) is 0 Å². The zero-order valence-corrected chi connectivity index (χ0v) is 19.0. The van der Waals surface area contributed by atoms with Crippen LogP contribution in [0.1, 0.15) is 41.7 Å². The van der Waals surface area contributed by atoms with E-state index in [0.29, 0.717) is 27.0 Å². The minimum Gasteiger partial charge on any atom is -0.365 e. The van der Waals surface area contributed by atoms with Crippen LogP contribution in [0.4, 0.5) is 5.00 Å². The maximum Gasteiger partial charge on any atom is 0.266 e. The molecule has 0 spiro atoms. The number of aromatic nitrogens is 2. The van der Waals surface area contributed by atoms with Crippen LogP contribution in [-0.2, 0) is 6.54 Å². The minimum atomic E-state index is -0.544. The third kappa shape index (κ3) is 3.74. The summed E-state index contributed by atoms with van der Waals surface area (Å²) in [4.78, 5) is 27.1. The standard InChI is InChI=1S/C21H19ClN4O2S2/c1-10-12(3)29-20(17(10)18(23)27)24-19(28)16-8-15-11(2)25-26(21(15)30-16)9-13-4-6-14(22)7-5-13/h4-8H,9H2,1-3H3,(H2,23,27)(H,24,28). The van der Waals surface area contributed by atoms with E-state index >= 15 is 0 Å². The number of thiophene rings is 2. The van der Waals surface area contributed by atoms with E-state index in [1.165, 1.54) is 22.7 Å². The van der Waals surface area contributed by atoms with Crippen LogP contribution in [0.25, 0.3) is 10.2 Å². The molecule has 0 fully saturated rings. The largest absolute Gasteiger partial charge is 0.365 e. The van der Waals surface area contributed by atoms with E-state index in [9.17, 15) is 9.59 Å². The average Bonchev–Trinajstić information content (AvgIpc) is 3.32. The van der Waals surface area contributed by atoms with Gasteiger partial charge in [-0.3, -0.25) is 14.3 Å². The first kappa shape index (κ1) is 20.6. The van der Waals surface area contributed by atoms with Crippen LogP contribution in [0.15, 0.2) is 30.3 Å². The number of nitrogens with two attached hydrogens (primary N) is 1. The van der Waals surface area contributed by atoms with Crippen LogP contribution in [-0.4, -0.2) is 21.6 Å². The van der Waals surface area contributed by atoms with Gasteiger partial charge in [-0.15, -0.1) is 22.7 Å². The number of nitrogens with zero attached hydrogens (tertiary/aromatic N) is 2. The zero-order chi connectivity index (χ0) is 21.6. The second-order valence-corrected chi connectivity index (χ2v) is 9.70. The van der Waals surface area contributed by atoms with Gasteiger partial charge in [-0.1, -0.05) is 23.7 Å². The Bertz CT molecular complexity index is 1280. The van der Waals surface area contributed by atoms with Gasteiger partial charge in [-0.25, -0.2) is 0 Å². The lowest BCUT2D eigenvalue weighted by Gasteiger charge is -2.04. The smallest absolute Gasteiger partial charge is 0.266 e. The third-order valence-corrected chi connectivity index (χ3v) is 7.46. The van der Waals surface area contributed by atoms with Crippen molar-refractivity contribution in [3.63, 3.8) is 0 Å². The van der Waals surface area contributed by atoms with Crippen LogP contribution in [0, 0.1) is 20.8 Å². The predicted octanol–water partition coefficient (Wildman–Crippen LogP) is 5.14. The normalized spacial score (nSPS) is 11.2. The molecule has 4 aromatic rings. The number of halogens is 1. The second kappa shape index (κ2) is 7.86. The molecule has 3 N–H and O–H groups in total. The van der Waals surface area contributed by atoms with Gasteiger partial charge in [0.15, 0.2) is 0 Å². The van der Waals surface area contributed by atoms with Crippen molar-refractivity contribution in [2.45, 2.75) is 27.3 Å². The van der Waals surface area contributed by atoms with E-state index in [4.69, 9.17) is 17.3 Å². The molecule has 1 aromatic carbocycles. The first-order valence-corrected chi connectivity index (χ1v) is 11.2. The van der Waals surface area contributed by atoms with Crippen molar-refractivity contribution in [2.24, 2.45) is 5.73 Å². The summed E-state index contributed by atoms with van der Waals surface area (Å²) in [5.74, 6) is -0.810. The molecule has 0 radical (unpaired) electrons. The third-order valence-electron chi connectivity index (χ3n) is 4.94. The maximum atomic E-state index is 12.9. The summed E-state index contributed by atoms with van der Waals surface area (Å²) in [6.45, 7) is 6.23. The maximum absolute atomic E-state index is 12.9. The van der Waals surface area contributed by atoms with Crippen molar-refractivity contribution < 1.29 is 9.59 Å². The number of primary amides is 1. The van der Waals surface area contributed by atoms with Crippen molar-refractivity contribution >= 4 is 61.3 Å². The Labute approximate surface area is 186 Å². The number of carbonyl (C=O) groups is 2. The summed E-state index contributed by atoms with van der Waals surface area (Å²) in [7, 11) is 0. The first-order chi connectivity index (χ1) is 14.2. The summed E-state index contributed by atoms with van der Waals surface area (Å²) >= 11 is 8.69. The molecule has 0 aliphatic carbocycles. The Kier molecular flexibility index (Phi) is 5.40. The molecule has 9 heteroatoms. The van der Waals surface area contributed by atoms with Gasteiger partial charge >= 0.3 is 0 Å². The lowest BCUT2D eigenvalue weighted by Crippen LogP contribution is -2.16. The number of amides is 2. The number of nitrogens with one attached hydrogen (secondary N) is 1. The Morgan fingerprint density at radius 1 is 1.17 bits per heavy atom. The number of aryl methyl sites for hydroxylation is 2. The molecule has 0 atom stereocenters. The van der Waals surface area contributed by atoms with Crippen LogP contribution in [0.3, 0.4) is 0 Å². The highest BCUT2D eigenvalue weighted by molar-refractivity contribution is 7.21. The highest BCUT2D eigenvalue weighted by Crippen LogP contribution is 2.34. The molecule has 154 valence electrons. The van der Waals surface area contributed by atoms with Crippen LogP contribution < -0.4 is 11.1 Å². The molecule has 6 nitrogen and oxygen atoms in total. The fourth-order valence-corrected chi connectivity index (χ4v) is 5.51. The van der Waals surface area contributed by atoms with Gasteiger partial charge in [-0.05, 0) is 50.1 Å². The summed E-state index contributed by atoms with van der Waals surface area (Å²) in [6, 6.07) is 9.45. The zero-order valence-electron chi connectivity index (χ0n) is 16.6. The summed E-state index contributed by atoms with van der Waals surface area (Å²) < 4.78 is 1.89. The molecule has 0 aliphatic rings. The fourth-order valence-electron chi connectivity index (χ4n) is 3.27. The summed E-state index contributed by atoms with van der Waals surface area (Å²) in [6.07, 6.45) is 0. The van der Waals surface area contributed by atoms with E-state index in [1.807, 2.05) is 55.8 Å². The molecular weight excluding hydrogens is 440 g/mol. The van der Waals surface area contributed by atoms with Crippen molar-refractivity contribution in [2.75, 3.05) is 5.32 Å². The molecule has 30 heavy (non-hydrogen) atoms. The first-order valence-electron chi connectivity index (χ1n) is 9.17. The number of anilines is 1. The van der Waals surface area contributed by atoms with Crippen LogP contribution >= 0.6 is 34.3 Å². The monoisotopic (exact) mass is 458 g/mol. The van der Waals surface area contributed by atoms with E-state index in [-0.39, 0.29) is 5.91 Å². The van der Waals surface area contributed by atoms with Crippen LogP contribution in [0.2, 0.25) is 5.02 Å². The Hall–Kier alpha value is -2.68. The molecule has 0 bridgehead atoms. The highest BCUT2D eigenvalue weighted by atomic mass is 35.5. The van der Waals surface area contributed by atoms with Gasteiger partial charge in [0, 0.05) is 15.3 Å². The van der Waals surface area contributed by atoms with Gasteiger partial charge in [0.05, 0.1) is 22.7 Å². The number of fused-ring (bicyclic) bond motifs is 1. The van der Waals surface area contributed by atoms with Crippen LogP contribution in [0.5, 0.6) is 0 Å². The van der Waals surface area contributed by atoms with Gasteiger partial charge in [0.2, 0.25) is 0 Å². The van der Waals surface area contributed by atoms with E-state index < -0.39 is 5.91 Å². The van der Waals surface area contributed by atoms with Gasteiger partial charge < -0.3 is 11.1 Å². The molecular formula is C21H19ClN4O2S2. The van der Waals surface area contributed by atoms with E-state index in [1.54, 1.807) is 0 Å². The average molecular weight is 459 g/mol. The molecule has 0 saturated carbocycles. The molecule has 0 aliphatic heterocycles. The van der Waals surface area contributed by atoms with E-state index in [0.717, 1.165) is 31.9 Å². The highest BCUT2D eigenvalue weighted by Gasteiger charge is 2.22. The fraction of sp³-hybridized carbons (Fsp3) is 0.190. The molecule has 0 unspecified atom stereocenters.